The minimum Gasteiger partial charge on any atom is -0.354 e. The summed E-state index contributed by atoms with van der Waals surface area (Å²) >= 11 is 0. The Kier molecular flexibility index (Phi) is 6.29. The van der Waals surface area contributed by atoms with Crippen LogP contribution in [-0.2, 0) is 6.42 Å². The van der Waals surface area contributed by atoms with Crippen LogP contribution in [0.2, 0.25) is 0 Å². The minimum absolute atomic E-state index is 0.215. The lowest BCUT2D eigenvalue weighted by atomic mass is 10.1. The zero-order valence-electron chi connectivity index (χ0n) is 14.9. The van der Waals surface area contributed by atoms with E-state index >= 15 is 0 Å². The number of rotatable bonds is 7. The molecule has 0 aliphatic heterocycles. The van der Waals surface area contributed by atoms with Gasteiger partial charge in [-0.25, -0.2) is 9.97 Å². The van der Waals surface area contributed by atoms with Crippen LogP contribution in [0.15, 0.2) is 30.5 Å². The third kappa shape index (κ3) is 4.78. The lowest BCUT2D eigenvalue weighted by Crippen LogP contribution is -2.17. The highest BCUT2D eigenvalue weighted by Gasteiger charge is 2.12. The molecule has 0 aliphatic carbocycles. The van der Waals surface area contributed by atoms with Gasteiger partial charge in [0.05, 0.1) is 0 Å². The molecule has 0 fully saturated rings. The summed E-state index contributed by atoms with van der Waals surface area (Å²) in [4.78, 5) is 21.0. The summed E-state index contributed by atoms with van der Waals surface area (Å²) in [5.74, 6) is 0.884. The fraction of sp³-hybridized carbons (Fsp3) is 0.421. The molecule has 1 amide bonds. The highest BCUT2D eigenvalue weighted by Crippen LogP contribution is 2.21. The molecule has 128 valence electrons. The van der Waals surface area contributed by atoms with Crippen molar-refractivity contribution in [2.24, 2.45) is 5.92 Å². The second kappa shape index (κ2) is 8.43. The van der Waals surface area contributed by atoms with Gasteiger partial charge < -0.3 is 10.6 Å². The van der Waals surface area contributed by atoms with Crippen molar-refractivity contribution < 1.29 is 4.79 Å². The smallest absolute Gasteiger partial charge is 0.274 e. The summed E-state index contributed by atoms with van der Waals surface area (Å²) in [6.07, 6.45) is 3.50. The molecular formula is C19H26N4O. The summed E-state index contributed by atoms with van der Waals surface area (Å²) in [5.41, 5.74) is 3.40. The fourth-order valence-corrected chi connectivity index (χ4v) is 2.42. The van der Waals surface area contributed by atoms with Crippen molar-refractivity contribution in [3.63, 3.8) is 0 Å². The van der Waals surface area contributed by atoms with Crippen LogP contribution in [0.3, 0.4) is 0 Å². The second-order valence-corrected chi connectivity index (χ2v) is 6.29. The van der Waals surface area contributed by atoms with Gasteiger partial charge in [-0.3, -0.25) is 4.79 Å². The zero-order valence-corrected chi connectivity index (χ0v) is 14.9. The van der Waals surface area contributed by atoms with Crippen LogP contribution >= 0.6 is 0 Å². The van der Waals surface area contributed by atoms with Crippen LogP contribution in [0, 0.1) is 12.8 Å². The Hall–Kier alpha value is -2.43. The number of para-hydroxylation sites is 1. The molecule has 0 radical (unpaired) electrons. The standard InChI is InChI=1S/C19H26N4O/c1-5-15-8-6-7-14(4)17(15)23-18(24)16-10-12-21-19(22-16)20-11-9-13(2)3/h6-8,10,12-13H,5,9,11H2,1-4H3,(H,23,24)(H,20,21,22). The van der Waals surface area contributed by atoms with E-state index in [-0.39, 0.29) is 5.91 Å². The molecule has 1 aromatic heterocycles. The Balaban J connectivity index is 2.10. The van der Waals surface area contributed by atoms with Gasteiger partial charge in [-0.2, -0.15) is 0 Å². The highest BCUT2D eigenvalue weighted by molar-refractivity contribution is 6.03. The molecule has 2 rings (SSSR count). The van der Waals surface area contributed by atoms with Gasteiger partial charge in [0.2, 0.25) is 5.95 Å². The normalized spacial score (nSPS) is 10.7. The van der Waals surface area contributed by atoms with Gasteiger partial charge in [0.15, 0.2) is 0 Å². The van der Waals surface area contributed by atoms with Crippen molar-refractivity contribution in [2.45, 2.75) is 40.5 Å². The molecule has 0 spiro atoms. The first-order valence-electron chi connectivity index (χ1n) is 8.48. The molecule has 2 N–H and O–H groups in total. The SMILES string of the molecule is CCc1cccc(C)c1NC(=O)c1ccnc(NCCC(C)C)n1. The Morgan fingerprint density at radius 2 is 2.04 bits per heavy atom. The first-order chi connectivity index (χ1) is 11.5. The third-order valence-electron chi connectivity index (χ3n) is 3.87. The van der Waals surface area contributed by atoms with E-state index in [0.717, 1.165) is 36.2 Å². The summed E-state index contributed by atoms with van der Waals surface area (Å²) in [6, 6.07) is 7.66. The lowest BCUT2D eigenvalue weighted by Gasteiger charge is -2.13. The predicted octanol–water partition coefficient (Wildman–Crippen LogP) is 4.06. The average molecular weight is 326 g/mol. The predicted molar refractivity (Wildman–Crippen MR) is 98.5 cm³/mol. The van der Waals surface area contributed by atoms with Crippen LogP contribution < -0.4 is 10.6 Å². The van der Waals surface area contributed by atoms with E-state index in [1.54, 1.807) is 12.3 Å². The van der Waals surface area contributed by atoms with Gasteiger partial charge in [0.1, 0.15) is 5.69 Å². The first-order valence-corrected chi connectivity index (χ1v) is 8.48. The van der Waals surface area contributed by atoms with Crippen molar-refractivity contribution >= 4 is 17.5 Å². The van der Waals surface area contributed by atoms with Crippen LogP contribution in [0.4, 0.5) is 11.6 Å². The van der Waals surface area contributed by atoms with Crippen molar-refractivity contribution in [2.75, 3.05) is 17.2 Å². The molecule has 0 bridgehead atoms. The molecule has 5 nitrogen and oxygen atoms in total. The van der Waals surface area contributed by atoms with Crippen molar-refractivity contribution in [3.8, 4) is 0 Å². The van der Waals surface area contributed by atoms with Gasteiger partial charge in [-0.15, -0.1) is 0 Å². The van der Waals surface area contributed by atoms with Gasteiger partial charge in [0, 0.05) is 18.4 Å². The Labute approximate surface area is 143 Å². The van der Waals surface area contributed by atoms with E-state index in [1.807, 2.05) is 25.1 Å². The van der Waals surface area contributed by atoms with Crippen LogP contribution in [-0.4, -0.2) is 22.4 Å². The largest absolute Gasteiger partial charge is 0.354 e. The molecule has 0 aliphatic rings. The molecule has 5 heteroatoms. The van der Waals surface area contributed by atoms with E-state index in [9.17, 15) is 4.79 Å². The molecule has 0 atom stereocenters. The fourth-order valence-electron chi connectivity index (χ4n) is 2.42. The van der Waals surface area contributed by atoms with E-state index < -0.39 is 0 Å². The molecule has 24 heavy (non-hydrogen) atoms. The third-order valence-corrected chi connectivity index (χ3v) is 3.87. The molecule has 2 aromatic rings. The summed E-state index contributed by atoms with van der Waals surface area (Å²) in [6.45, 7) is 9.19. The number of carbonyl (C=O) groups is 1. The summed E-state index contributed by atoms with van der Waals surface area (Å²) in [7, 11) is 0. The maximum atomic E-state index is 12.5. The minimum atomic E-state index is -0.215. The van der Waals surface area contributed by atoms with Gasteiger partial charge in [-0.1, -0.05) is 39.0 Å². The van der Waals surface area contributed by atoms with Gasteiger partial charge >= 0.3 is 0 Å². The topological polar surface area (TPSA) is 66.9 Å². The maximum absolute atomic E-state index is 12.5. The lowest BCUT2D eigenvalue weighted by molar-refractivity contribution is 0.102. The van der Waals surface area contributed by atoms with Crippen molar-refractivity contribution in [1.29, 1.82) is 0 Å². The van der Waals surface area contributed by atoms with Crippen LogP contribution in [0.25, 0.3) is 0 Å². The number of amides is 1. The second-order valence-electron chi connectivity index (χ2n) is 6.29. The average Bonchev–Trinajstić information content (AvgIpc) is 2.56. The van der Waals surface area contributed by atoms with Crippen LogP contribution in [0.1, 0.15) is 48.8 Å². The number of aryl methyl sites for hydroxylation is 2. The molecular weight excluding hydrogens is 300 g/mol. The van der Waals surface area contributed by atoms with Crippen molar-refractivity contribution in [3.05, 3.63) is 47.3 Å². The van der Waals surface area contributed by atoms with E-state index in [4.69, 9.17) is 0 Å². The van der Waals surface area contributed by atoms with E-state index in [1.165, 1.54) is 0 Å². The summed E-state index contributed by atoms with van der Waals surface area (Å²) in [5, 5.41) is 6.16. The number of hydrogen-bond acceptors (Lipinski definition) is 4. The Bertz CT molecular complexity index is 698. The number of carbonyl (C=O) groups excluding carboxylic acids is 1. The van der Waals surface area contributed by atoms with Crippen molar-refractivity contribution in [1.82, 2.24) is 9.97 Å². The number of nitrogens with zero attached hydrogens (tertiary/aromatic N) is 2. The zero-order chi connectivity index (χ0) is 17.5. The first kappa shape index (κ1) is 17.9. The molecule has 0 unspecified atom stereocenters. The van der Waals surface area contributed by atoms with Crippen LogP contribution in [0.5, 0.6) is 0 Å². The Morgan fingerprint density at radius 3 is 2.75 bits per heavy atom. The van der Waals surface area contributed by atoms with Gasteiger partial charge in [0.25, 0.3) is 5.91 Å². The number of nitrogens with one attached hydrogen (secondary N) is 2. The number of anilines is 2. The maximum Gasteiger partial charge on any atom is 0.274 e. The summed E-state index contributed by atoms with van der Waals surface area (Å²) < 4.78 is 0. The van der Waals surface area contributed by atoms with E-state index in [0.29, 0.717) is 17.6 Å². The molecule has 0 saturated carbocycles. The quantitative estimate of drug-likeness (QED) is 0.805. The number of hydrogen-bond donors (Lipinski definition) is 2. The van der Waals surface area contributed by atoms with E-state index in [2.05, 4.69) is 41.4 Å². The molecule has 1 aromatic carbocycles. The number of benzene rings is 1. The molecule has 1 heterocycles. The highest BCUT2D eigenvalue weighted by atomic mass is 16.1. The number of aromatic nitrogens is 2. The molecule has 0 saturated heterocycles. The monoisotopic (exact) mass is 326 g/mol. The van der Waals surface area contributed by atoms with Gasteiger partial charge in [-0.05, 0) is 42.9 Å². The Morgan fingerprint density at radius 1 is 1.25 bits per heavy atom.